The van der Waals surface area contributed by atoms with Gasteiger partial charge in [-0.3, -0.25) is 4.79 Å². The first-order valence-electron chi connectivity index (χ1n) is 7.73. The summed E-state index contributed by atoms with van der Waals surface area (Å²) < 4.78 is 0. The molecule has 0 radical (unpaired) electrons. The van der Waals surface area contributed by atoms with Crippen LogP contribution in [0.5, 0.6) is 0 Å². The van der Waals surface area contributed by atoms with Gasteiger partial charge in [0, 0.05) is 6.42 Å². The van der Waals surface area contributed by atoms with Crippen molar-refractivity contribution in [2.45, 2.75) is 76.2 Å². The van der Waals surface area contributed by atoms with Crippen LogP contribution in [-0.4, -0.2) is 16.4 Å². The number of carbonyl (C=O) groups excluding carboxylic acids is 1. The molecule has 0 heterocycles. The van der Waals surface area contributed by atoms with Gasteiger partial charge < -0.3 is 11.1 Å². The number of hydrogen-bond acceptors (Lipinski definition) is 2. The molecule has 3 nitrogen and oxygen atoms in total. The molecule has 2 fully saturated rings. The summed E-state index contributed by atoms with van der Waals surface area (Å²) in [5, 5.41) is 3.15. The molecule has 2 rings (SSSR count). The second kappa shape index (κ2) is 6.69. The third-order valence-corrected chi connectivity index (χ3v) is 5.20. The van der Waals surface area contributed by atoms with Crippen LogP contribution >= 0.6 is 12.2 Å². The molecule has 0 atom stereocenters. The topological polar surface area (TPSA) is 55.1 Å². The number of amides is 1. The van der Waals surface area contributed by atoms with Gasteiger partial charge in [0.1, 0.15) is 0 Å². The minimum Gasteiger partial charge on any atom is -0.391 e. The highest BCUT2D eigenvalue weighted by atomic mass is 32.1. The van der Waals surface area contributed by atoms with Gasteiger partial charge in [-0.2, -0.15) is 0 Å². The molecule has 0 aromatic heterocycles. The summed E-state index contributed by atoms with van der Waals surface area (Å²) in [5.74, 6) is 0.902. The molecule has 2 aliphatic rings. The van der Waals surface area contributed by atoms with Crippen LogP contribution in [-0.2, 0) is 4.79 Å². The maximum absolute atomic E-state index is 12.2. The van der Waals surface area contributed by atoms with E-state index in [1.165, 1.54) is 32.1 Å². The van der Waals surface area contributed by atoms with Crippen LogP contribution in [0, 0.1) is 5.92 Å². The zero-order valence-corrected chi connectivity index (χ0v) is 12.6. The van der Waals surface area contributed by atoms with Crippen molar-refractivity contribution in [3.05, 3.63) is 0 Å². The highest BCUT2D eigenvalue weighted by Crippen LogP contribution is 2.30. The first-order chi connectivity index (χ1) is 9.12. The van der Waals surface area contributed by atoms with Crippen LogP contribution in [0.1, 0.15) is 70.6 Å². The number of rotatable bonds is 5. The zero-order chi connectivity index (χ0) is 13.7. The average molecular weight is 282 g/mol. The van der Waals surface area contributed by atoms with Crippen LogP contribution in [0.2, 0.25) is 0 Å². The largest absolute Gasteiger partial charge is 0.391 e. The molecule has 1 amide bonds. The molecule has 0 spiro atoms. The van der Waals surface area contributed by atoms with E-state index in [9.17, 15) is 4.79 Å². The van der Waals surface area contributed by atoms with Crippen molar-refractivity contribution < 1.29 is 4.79 Å². The third-order valence-electron chi connectivity index (χ3n) is 4.81. The lowest BCUT2D eigenvalue weighted by atomic mass is 9.81. The molecule has 0 aliphatic heterocycles. The third kappa shape index (κ3) is 3.91. The van der Waals surface area contributed by atoms with Gasteiger partial charge >= 0.3 is 0 Å². The normalized spacial score (nSPS) is 23.2. The second-order valence-electron chi connectivity index (χ2n) is 6.24. The average Bonchev–Trinajstić information content (AvgIpc) is 2.90. The van der Waals surface area contributed by atoms with Crippen LogP contribution in [0.25, 0.3) is 0 Å². The minimum absolute atomic E-state index is 0.140. The van der Waals surface area contributed by atoms with Gasteiger partial charge in [-0.15, -0.1) is 0 Å². The first kappa shape index (κ1) is 14.8. The molecular weight excluding hydrogens is 256 g/mol. The molecule has 108 valence electrons. The quantitative estimate of drug-likeness (QED) is 0.762. The fourth-order valence-electron chi connectivity index (χ4n) is 3.55. The van der Waals surface area contributed by atoms with E-state index in [2.05, 4.69) is 5.32 Å². The molecule has 3 N–H and O–H groups in total. The SMILES string of the molecule is NC(=S)C1(NC(=O)CCC2CCCC2)CCCCC1. The maximum atomic E-state index is 12.2. The van der Waals surface area contributed by atoms with Crippen molar-refractivity contribution in [2.75, 3.05) is 0 Å². The van der Waals surface area contributed by atoms with Gasteiger partial charge in [-0.1, -0.05) is 57.2 Å². The summed E-state index contributed by atoms with van der Waals surface area (Å²) in [6.07, 6.45) is 12.2. The standard InChI is InChI=1S/C15H26N2OS/c16-14(19)15(10-4-1-5-11-15)17-13(18)9-8-12-6-2-3-7-12/h12H,1-11H2,(H2,16,19)(H,17,18). The molecule has 2 saturated carbocycles. The summed E-state index contributed by atoms with van der Waals surface area (Å²) in [5.41, 5.74) is 5.50. The van der Waals surface area contributed by atoms with Gasteiger partial charge in [0.05, 0.1) is 10.5 Å². The fourth-order valence-corrected chi connectivity index (χ4v) is 3.81. The number of nitrogens with two attached hydrogens (primary N) is 1. The van der Waals surface area contributed by atoms with Gasteiger partial charge in [0.15, 0.2) is 0 Å². The van der Waals surface area contributed by atoms with E-state index in [0.29, 0.717) is 11.4 Å². The summed E-state index contributed by atoms with van der Waals surface area (Å²) in [6, 6.07) is 0. The predicted octanol–water partition coefficient (Wildman–Crippen LogP) is 3.06. The lowest BCUT2D eigenvalue weighted by Crippen LogP contribution is -2.57. The van der Waals surface area contributed by atoms with E-state index >= 15 is 0 Å². The Morgan fingerprint density at radius 2 is 1.79 bits per heavy atom. The van der Waals surface area contributed by atoms with Crippen molar-refractivity contribution in [2.24, 2.45) is 11.7 Å². The number of hydrogen-bond donors (Lipinski definition) is 2. The van der Waals surface area contributed by atoms with Crippen LogP contribution in [0.3, 0.4) is 0 Å². The molecule has 2 aliphatic carbocycles. The number of thiocarbonyl (C=S) groups is 1. The van der Waals surface area contributed by atoms with E-state index < -0.39 is 0 Å². The Morgan fingerprint density at radius 1 is 1.16 bits per heavy atom. The summed E-state index contributed by atoms with van der Waals surface area (Å²) in [7, 11) is 0. The monoisotopic (exact) mass is 282 g/mol. The van der Waals surface area contributed by atoms with E-state index in [-0.39, 0.29) is 11.4 Å². The van der Waals surface area contributed by atoms with Gasteiger partial charge in [-0.05, 0) is 25.2 Å². The Labute approximate surface area is 121 Å². The lowest BCUT2D eigenvalue weighted by molar-refractivity contribution is -0.122. The second-order valence-corrected chi connectivity index (χ2v) is 6.68. The minimum atomic E-state index is -0.389. The van der Waals surface area contributed by atoms with E-state index in [1.54, 1.807) is 0 Å². The van der Waals surface area contributed by atoms with Gasteiger partial charge in [0.2, 0.25) is 5.91 Å². The first-order valence-corrected chi connectivity index (χ1v) is 8.14. The smallest absolute Gasteiger partial charge is 0.220 e. The molecule has 0 unspecified atom stereocenters. The molecule has 0 saturated heterocycles. The van der Waals surface area contributed by atoms with Crippen molar-refractivity contribution >= 4 is 23.1 Å². The van der Waals surface area contributed by atoms with Crippen molar-refractivity contribution in [1.29, 1.82) is 0 Å². The van der Waals surface area contributed by atoms with Crippen molar-refractivity contribution in [3.8, 4) is 0 Å². The number of carbonyl (C=O) groups is 1. The van der Waals surface area contributed by atoms with E-state index in [4.69, 9.17) is 18.0 Å². The van der Waals surface area contributed by atoms with Crippen molar-refractivity contribution in [3.63, 3.8) is 0 Å². The Kier molecular flexibility index (Phi) is 5.20. The number of nitrogens with one attached hydrogen (secondary N) is 1. The molecule has 19 heavy (non-hydrogen) atoms. The predicted molar refractivity (Wildman–Crippen MR) is 81.9 cm³/mol. The Balaban J connectivity index is 1.82. The van der Waals surface area contributed by atoms with Crippen molar-refractivity contribution in [1.82, 2.24) is 5.32 Å². The lowest BCUT2D eigenvalue weighted by Gasteiger charge is -2.37. The molecule has 0 aromatic carbocycles. The summed E-state index contributed by atoms with van der Waals surface area (Å²) in [4.78, 5) is 12.6. The van der Waals surface area contributed by atoms with E-state index in [1.807, 2.05) is 0 Å². The Bertz CT molecular complexity index is 331. The van der Waals surface area contributed by atoms with E-state index in [0.717, 1.165) is 38.0 Å². The summed E-state index contributed by atoms with van der Waals surface area (Å²) >= 11 is 5.20. The van der Waals surface area contributed by atoms with Gasteiger partial charge in [-0.25, -0.2) is 0 Å². The Hall–Kier alpha value is -0.640. The highest BCUT2D eigenvalue weighted by molar-refractivity contribution is 7.80. The van der Waals surface area contributed by atoms with Crippen LogP contribution in [0.15, 0.2) is 0 Å². The fraction of sp³-hybridized carbons (Fsp3) is 0.867. The van der Waals surface area contributed by atoms with Crippen LogP contribution in [0.4, 0.5) is 0 Å². The molecular formula is C15H26N2OS. The molecule has 4 heteroatoms. The maximum Gasteiger partial charge on any atom is 0.220 e. The Morgan fingerprint density at radius 3 is 2.37 bits per heavy atom. The zero-order valence-electron chi connectivity index (χ0n) is 11.7. The molecule has 0 bridgehead atoms. The molecule has 0 aromatic rings. The summed E-state index contributed by atoms with van der Waals surface area (Å²) in [6.45, 7) is 0. The highest BCUT2D eigenvalue weighted by Gasteiger charge is 2.36. The van der Waals surface area contributed by atoms with Crippen LogP contribution < -0.4 is 11.1 Å². The van der Waals surface area contributed by atoms with Gasteiger partial charge in [0.25, 0.3) is 0 Å².